The number of benzene rings is 1. The predicted octanol–water partition coefficient (Wildman–Crippen LogP) is 1.93. The zero-order valence-corrected chi connectivity index (χ0v) is 13.9. The summed E-state index contributed by atoms with van der Waals surface area (Å²) in [4.78, 5) is 18.7. The molecule has 0 bridgehead atoms. The molecule has 0 aliphatic carbocycles. The summed E-state index contributed by atoms with van der Waals surface area (Å²) in [7, 11) is 0. The maximum Gasteiger partial charge on any atom is 0.248 e. The molecule has 1 aromatic rings. The van der Waals surface area contributed by atoms with Crippen LogP contribution in [-0.4, -0.2) is 37.0 Å². The number of carbonyl (C=O) groups is 1. The molecular weight excluding hydrogens is 276 g/mol. The Morgan fingerprint density at radius 1 is 1.32 bits per heavy atom. The molecule has 0 saturated carbocycles. The quantitative estimate of drug-likeness (QED) is 0.662. The van der Waals surface area contributed by atoms with Crippen LogP contribution < -0.4 is 15.5 Å². The van der Waals surface area contributed by atoms with Gasteiger partial charge in [-0.05, 0) is 45.7 Å². The van der Waals surface area contributed by atoms with Crippen molar-refractivity contribution in [2.75, 3.05) is 24.5 Å². The van der Waals surface area contributed by atoms with Crippen molar-refractivity contribution in [2.24, 2.45) is 4.99 Å². The summed E-state index contributed by atoms with van der Waals surface area (Å²) < 4.78 is 0. The lowest BCUT2D eigenvalue weighted by Crippen LogP contribution is -2.48. The van der Waals surface area contributed by atoms with Crippen LogP contribution in [0.15, 0.2) is 29.3 Å². The van der Waals surface area contributed by atoms with Crippen molar-refractivity contribution < 1.29 is 4.79 Å². The standard InChI is InChI=1S/C17H26N4O/c1-5-18-16(20-17(2,3)4)19-12-15(22)21-11-10-13-8-6-7-9-14(13)21/h6-9H,5,10-12H2,1-4H3,(H2,18,19,20). The van der Waals surface area contributed by atoms with Crippen LogP contribution in [0.3, 0.4) is 0 Å². The molecule has 5 nitrogen and oxygen atoms in total. The third-order valence-electron chi connectivity index (χ3n) is 3.40. The number of nitrogens with one attached hydrogen (secondary N) is 2. The van der Waals surface area contributed by atoms with Crippen molar-refractivity contribution in [3.8, 4) is 0 Å². The van der Waals surface area contributed by atoms with Gasteiger partial charge in [0.25, 0.3) is 0 Å². The Labute approximate surface area is 132 Å². The number of nitrogens with zero attached hydrogens (tertiary/aromatic N) is 2. The molecular formula is C17H26N4O. The molecule has 0 radical (unpaired) electrons. The van der Waals surface area contributed by atoms with E-state index in [1.54, 1.807) is 0 Å². The van der Waals surface area contributed by atoms with Crippen molar-refractivity contribution in [1.82, 2.24) is 10.6 Å². The molecule has 0 unspecified atom stereocenters. The molecule has 2 rings (SSSR count). The largest absolute Gasteiger partial charge is 0.357 e. The Hall–Kier alpha value is -2.04. The summed E-state index contributed by atoms with van der Waals surface area (Å²) in [5.74, 6) is 0.715. The first-order valence-electron chi connectivity index (χ1n) is 7.85. The second-order valence-electron chi connectivity index (χ2n) is 6.49. The summed E-state index contributed by atoms with van der Waals surface area (Å²) in [6, 6.07) is 8.07. The van der Waals surface area contributed by atoms with Gasteiger partial charge in [0.2, 0.25) is 5.91 Å². The normalized spacial score (nSPS) is 14.7. The molecule has 22 heavy (non-hydrogen) atoms. The van der Waals surface area contributed by atoms with Crippen LogP contribution in [0.5, 0.6) is 0 Å². The van der Waals surface area contributed by atoms with Gasteiger partial charge in [0, 0.05) is 24.3 Å². The predicted molar refractivity (Wildman–Crippen MR) is 91.4 cm³/mol. The second-order valence-corrected chi connectivity index (χ2v) is 6.49. The molecule has 120 valence electrons. The van der Waals surface area contributed by atoms with Gasteiger partial charge in [0.1, 0.15) is 6.54 Å². The van der Waals surface area contributed by atoms with Gasteiger partial charge in [-0.1, -0.05) is 18.2 Å². The van der Waals surface area contributed by atoms with E-state index in [2.05, 4.69) is 42.5 Å². The highest BCUT2D eigenvalue weighted by atomic mass is 16.2. The molecule has 0 fully saturated rings. The van der Waals surface area contributed by atoms with Crippen LogP contribution in [0.1, 0.15) is 33.3 Å². The highest BCUT2D eigenvalue weighted by molar-refractivity contribution is 5.98. The molecule has 0 saturated heterocycles. The Kier molecular flexibility index (Phi) is 5.06. The second kappa shape index (κ2) is 6.81. The molecule has 0 atom stereocenters. The molecule has 1 aliphatic rings. The van der Waals surface area contributed by atoms with Gasteiger partial charge in [-0.3, -0.25) is 4.79 Å². The van der Waals surface area contributed by atoms with Crippen molar-refractivity contribution in [3.05, 3.63) is 29.8 Å². The fraction of sp³-hybridized carbons (Fsp3) is 0.529. The third kappa shape index (κ3) is 4.23. The van der Waals surface area contributed by atoms with Crippen molar-refractivity contribution >= 4 is 17.6 Å². The lowest BCUT2D eigenvalue weighted by molar-refractivity contribution is -0.117. The Bertz CT molecular complexity index is 560. The number of fused-ring (bicyclic) bond motifs is 1. The number of amides is 1. The minimum atomic E-state index is -0.0930. The van der Waals surface area contributed by atoms with Crippen molar-refractivity contribution in [3.63, 3.8) is 0 Å². The minimum absolute atomic E-state index is 0.0380. The van der Waals surface area contributed by atoms with Gasteiger partial charge >= 0.3 is 0 Å². The van der Waals surface area contributed by atoms with Gasteiger partial charge in [-0.15, -0.1) is 0 Å². The molecule has 5 heteroatoms. The Morgan fingerprint density at radius 2 is 2.05 bits per heavy atom. The van der Waals surface area contributed by atoms with E-state index in [9.17, 15) is 4.79 Å². The van der Waals surface area contributed by atoms with Crippen LogP contribution in [0.4, 0.5) is 5.69 Å². The molecule has 2 N–H and O–H groups in total. The molecule has 0 spiro atoms. The van der Waals surface area contributed by atoms with Gasteiger partial charge in [0.05, 0.1) is 0 Å². The van der Waals surface area contributed by atoms with Crippen LogP contribution >= 0.6 is 0 Å². The summed E-state index contributed by atoms with van der Waals surface area (Å²) in [5.41, 5.74) is 2.17. The Morgan fingerprint density at radius 3 is 2.73 bits per heavy atom. The van der Waals surface area contributed by atoms with E-state index in [-0.39, 0.29) is 18.0 Å². The zero-order chi connectivity index (χ0) is 16.2. The number of aliphatic imine (C=N–C) groups is 1. The van der Waals surface area contributed by atoms with Gasteiger partial charge < -0.3 is 15.5 Å². The maximum absolute atomic E-state index is 12.4. The summed E-state index contributed by atoms with van der Waals surface area (Å²) in [6.07, 6.45) is 0.923. The summed E-state index contributed by atoms with van der Waals surface area (Å²) in [6.45, 7) is 9.88. The van der Waals surface area contributed by atoms with E-state index in [0.717, 1.165) is 25.2 Å². The summed E-state index contributed by atoms with van der Waals surface area (Å²) in [5, 5.41) is 6.46. The number of anilines is 1. The fourth-order valence-electron chi connectivity index (χ4n) is 2.49. The molecule has 1 amide bonds. The Balaban J connectivity index is 2.03. The van der Waals surface area contributed by atoms with Crippen LogP contribution in [0.2, 0.25) is 0 Å². The number of guanidine groups is 1. The number of para-hydroxylation sites is 1. The van der Waals surface area contributed by atoms with E-state index < -0.39 is 0 Å². The van der Waals surface area contributed by atoms with E-state index in [1.165, 1.54) is 5.56 Å². The van der Waals surface area contributed by atoms with Crippen molar-refractivity contribution in [1.29, 1.82) is 0 Å². The molecule has 0 aromatic heterocycles. The van der Waals surface area contributed by atoms with E-state index in [1.807, 2.05) is 30.0 Å². The van der Waals surface area contributed by atoms with Crippen LogP contribution in [0.25, 0.3) is 0 Å². The molecule has 1 heterocycles. The average Bonchev–Trinajstić information content (AvgIpc) is 2.87. The molecule has 1 aliphatic heterocycles. The summed E-state index contributed by atoms with van der Waals surface area (Å²) >= 11 is 0. The maximum atomic E-state index is 12.4. The van der Waals surface area contributed by atoms with Crippen LogP contribution in [-0.2, 0) is 11.2 Å². The first-order chi connectivity index (χ1) is 10.4. The third-order valence-corrected chi connectivity index (χ3v) is 3.40. The highest BCUT2D eigenvalue weighted by Gasteiger charge is 2.23. The number of hydrogen-bond acceptors (Lipinski definition) is 2. The van der Waals surface area contributed by atoms with Crippen molar-refractivity contribution in [2.45, 2.75) is 39.7 Å². The van der Waals surface area contributed by atoms with Gasteiger partial charge in [-0.2, -0.15) is 0 Å². The lowest BCUT2D eigenvalue weighted by atomic mass is 10.1. The number of hydrogen-bond donors (Lipinski definition) is 2. The highest BCUT2D eigenvalue weighted by Crippen LogP contribution is 2.27. The first kappa shape index (κ1) is 16.3. The van der Waals surface area contributed by atoms with E-state index >= 15 is 0 Å². The van der Waals surface area contributed by atoms with E-state index in [0.29, 0.717) is 5.96 Å². The first-order valence-corrected chi connectivity index (χ1v) is 7.85. The smallest absolute Gasteiger partial charge is 0.248 e. The van der Waals surface area contributed by atoms with Gasteiger partial charge in [-0.25, -0.2) is 4.99 Å². The molecule has 1 aromatic carbocycles. The monoisotopic (exact) mass is 302 g/mol. The number of carbonyl (C=O) groups excluding carboxylic acids is 1. The topological polar surface area (TPSA) is 56.7 Å². The van der Waals surface area contributed by atoms with Gasteiger partial charge in [0.15, 0.2) is 5.96 Å². The SMILES string of the molecule is CCNC(=NCC(=O)N1CCc2ccccc21)NC(C)(C)C. The van der Waals surface area contributed by atoms with Crippen LogP contribution in [0, 0.1) is 0 Å². The van der Waals surface area contributed by atoms with E-state index in [4.69, 9.17) is 0 Å². The number of rotatable bonds is 3. The zero-order valence-electron chi connectivity index (χ0n) is 13.9. The average molecular weight is 302 g/mol. The lowest BCUT2D eigenvalue weighted by Gasteiger charge is -2.24. The minimum Gasteiger partial charge on any atom is -0.357 e. The fourth-order valence-corrected chi connectivity index (χ4v) is 2.49.